The van der Waals surface area contributed by atoms with Crippen LogP contribution >= 0.6 is 0 Å². The summed E-state index contributed by atoms with van der Waals surface area (Å²) in [5.41, 5.74) is 0. The van der Waals surface area contributed by atoms with Crippen molar-refractivity contribution in [2.75, 3.05) is 99.6 Å². The van der Waals surface area contributed by atoms with E-state index in [9.17, 15) is 5.11 Å². The molecule has 0 aliphatic carbocycles. The molecule has 4 unspecified atom stereocenters. The lowest BCUT2D eigenvalue weighted by atomic mass is 10.3. The van der Waals surface area contributed by atoms with Gasteiger partial charge in [0, 0.05) is 20.3 Å². The van der Waals surface area contributed by atoms with Gasteiger partial charge in [-0.15, -0.1) is 13.2 Å². The molecule has 1 N–H and O–H groups in total. The first-order valence-corrected chi connectivity index (χ1v) is 12.2. The molecule has 0 rings (SSSR count). The van der Waals surface area contributed by atoms with E-state index in [2.05, 4.69) is 13.2 Å². The average Bonchev–Trinajstić information content (AvgIpc) is 2.87. The maximum atomic E-state index is 9.93. The van der Waals surface area contributed by atoms with Gasteiger partial charge in [0.15, 0.2) is 0 Å². The van der Waals surface area contributed by atoms with E-state index in [-0.39, 0.29) is 31.5 Å². The molecular formula is C25H48O10. The molecule has 0 aromatic rings. The van der Waals surface area contributed by atoms with Crippen LogP contribution < -0.4 is 0 Å². The fraction of sp³-hybridized carbons (Fsp3) is 0.840. The molecule has 0 heterocycles. The Morgan fingerprint density at radius 2 is 1.06 bits per heavy atom. The maximum absolute atomic E-state index is 9.93. The lowest BCUT2D eigenvalue weighted by Gasteiger charge is -2.22. The Hall–Kier alpha value is -0.920. The van der Waals surface area contributed by atoms with Gasteiger partial charge >= 0.3 is 0 Å². The summed E-state index contributed by atoms with van der Waals surface area (Å²) < 4.78 is 50.0. The van der Waals surface area contributed by atoms with Gasteiger partial charge in [-0.05, 0) is 13.8 Å². The number of hydrogen-bond donors (Lipinski definition) is 1. The zero-order valence-electron chi connectivity index (χ0n) is 21.9. The van der Waals surface area contributed by atoms with Crippen molar-refractivity contribution >= 4 is 0 Å². The lowest BCUT2D eigenvalue weighted by molar-refractivity contribution is -0.109. The van der Waals surface area contributed by atoms with Crippen molar-refractivity contribution in [1.29, 1.82) is 0 Å². The van der Waals surface area contributed by atoms with Gasteiger partial charge < -0.3 is 47.7 Å². The first-order chi connectivity index (χ1) is 17.1. The molecule has 0 radical (unpaired) electrons. The highest BCUT2D eigenvalue weighted by Crippen LogP contribution is 2.02. The van der Waals surface area contributed by atoms with Gasteiger partial charge in [-0.25, -0.2) is 0 Å². The summed E-state index contributed by atoms with van der Waals surface area (Å²) in [6.07, 6.45) is 1.88. The zero-order chi connectivity index (χ0) is 26.0. The van der Waals surface area contributed by atoms with E-state index in [1.54, 1.807) is 19.3 Å². The second-order valence-corrected chi connectivity index (χ2v) is 7.54. The molecule has 0 saturated carbocycles. The highest BCUT2D eigenvalue weighted by atomic mass is 16.6. The van der Waals surface area contributed by atoms with Gasteiger partial charge in [0.2, 0.25) is 0 Å². The Bertz CT molecular complexity index is 466. The molecule has 0 amide bonds. The molecule has 0 fully saturated rings. The number of rotatable bonds is 28. The van der Waals surface area contributed by atoms with Crippen LogP contribution in [0.5, 0.6) is 0 Å². The van der Waals surface area contributed by atoms with Gasteiger partial charge in [-0.1, -0.05) is 12.2 Å². The van der Waals surface area contributed by atoms with Crippen molar-refractivity contribution in [1.82, 2.24) is 0 Å². The minimum atomic E-state index is -0.726. The van der Waals surface area contributed by atoms with Crippen LogP contribution in [0.4, 0.5) is 0 Å². The fourth-order valence-corrected chi connectivity index (χ4v) is 2.63. The van der Waals surface area contributed by atoms with Crippen LogP contribution in [0.1, 0.15) is 13.8 Å². The van der Waals surface area contributed by atoms with Crippen LogP contribution in [0.15, 0.2) is 25.3 Å². The predicted molar refractivity (Wildman–Crippen MR) is 133 cm³/mol. The number of aliphatic hydroxyl groups excluding tert-OH is 1. The standard InChI is InChI=1S/C25H48O10/c1-6-10-30-14-22(26)15-34-24(17-28-8-3)19-32-12-13-33-20-25(18-29-9-4)35-21-23(27-5)16-31-11-7-2/h6-7,22-26H,1-2,8-21H2,3-5H3. The van der Waals surface area contributed by atoms with E-state index in [4.69, 9.17) is 42.6 Å². The molecule has 0 aliphatic rings. The average molecular weight is 509 g/mol. The largest absolute Gasteiger partial charge is 0.388 e. The minimum absolute atomic E-state index is 0.131. The highest BCUT2D eigenvalue weighted by molar-refractivity contribution is 4.67. The van der Waals surface area contributed by atoms with Crippen LogP contribution in [-0.2, 0) is 42.6 Å². The molecule has 0 aromatic carbocycles. The summed E-state index contributed by atoms with van der Waals surface area (Å²) in [5, 5.41) is 9.93. The Morgan fingerprint density at radius 1 is 0.600 bits per heavy atom. The molecule has 0 aromatic heterocycles. The first-order valence-electron chi connectivity index (χ1n) is 12.2. The molecule has 0 saturated heterocycles. The molecule has 0 aliphatic heterocycles. The van der Waals surface area contributed by atoms with Gasteiger partial charge in [0.05, 0.1) is 79.3 Å². The zero-order valence-corrected chi connectivity index (χ0v) is 21.9. The van der Waals surface area contributed by atoms with Crippen molar-refractivity contribution in [3.63, 3.8) is 0 Å². The molecule has 208 valence electrons. The number of aliphatic hydroxyl groups is 1. The second-order valence-electron chi connectivity index (χ2n) is 7.54. The number of hydrogen-bond acceptors (Lipinski definition) is 10. The Labute approximate surface area is 211 Å². The maximum Gasteiger partial charge on any atom is 0.104 e. The third kappa shape index (κ3) is 22.0. The Morgan fingerprint density at radius 3 is 1.54 bits per heavy atom. The first kappa shape index (κ1) is 34.1. The van der Waals surface area contributed by atoms with E-state index in [1.165, 1.54) is 0 Å². The monoisotopic (exact) mass is 508 g/mol. The summed E-state index contributed by atoms with van der Waals surface area (Å²) in [6.45, 7) is 16.4. The molecule has 0 bridgehead atoms. The molecule has 35 heavy (non-hydrogen) atoms. The van der Waals surface area contributed by atoms with Crippen LogP contribution in [-0.4, -0.2) is 129 Å². The van der Waals surface area contributed by atoms with Gasteiger partial charge in [-0.2, -0.15) is 0 Å². The summed E-state index contributed by atoms with van der Waals surface area (Å²) in [7, 11) is 1.62. The third-order valence-corrected chi connectivity index (χ3v) is 4.46. The Kier molecular flexibility index (Phi) is 25.5. The van der Waals surface area contributed by atoms with Crippen LogP contribution in [0.25, 0.3) is 0 Å². The van der Waals surface area contributed by atoms with Crippen molar-refractivity contribution in [3.8, 4) is 0 Å². The molecular weight excluding hydrogens is 460 g/mol. The van der Waals surface area contributed by atoms with Gasteiger partial charge in [0.25, 0.3) is 0 Å². The van der Waals surface area contributed by atoms with Crippen molar-refractivity contribution in [3.05, 3.63) is 25.3 Å². The quantitative estimate of drug-likeness (QED) is 0.124. The van der Waals surface area contributed by atoms with Gasteiger partial charge in [0.1, 0.15) is 24.4 Å². The smallest absolute Gasteiger partial charge is 0.104 e. The van der Waals surface area contributed by atoms with E-state index >= 15 is 0 Å². The van der Waals surface area contributed by atoms with E-state index in [1.807, 2.05) is 13.8 Å². The van der Waals surface area contributed by atoms with E-state index in [0.717, 1.165) is 0 Å². The Balaban J connectivity index is 4.20. The second kappa shape index (κ2) is 26.2. The van der Waals surface area contributed by atoms with Crippen LogP contribution in [0, 0.1) is 0 Å². The van der Waals surface area contributed by atoms with Crippen molar-refractivity contribution in [2.45, 2.75) is 38.3 Å². The van der Waals surface area contributed by atoms with Gasteiger partial charge in [-0.3, -0.25) is 0 Å². The number of ether oxygens (including phenoxy) is 9. The summed E-state index contributed by atoms with van der Waals surface area (Å²) >= 11 is 0. The van der Waals surface area contributed by atoms with Crippen LogP contribution in [0.2, 0.25) is 0 Å². The third-order valence-electron chi connectivity index (χ3n) is 4.46. The molecule has 10 nitrogen and oxygen atoms in total. The molecule has 4 atom stereocenters. The highest BCUT2D eigenvalue weighted by Gasteiger charge is 2.16. The lowest BCUT2D eigenvalue weighted by Crippen LogP contribution is -2.33. The minimum Gasteiger partial charge on any atom is -0.388 e. The van der Waals surface area contributed by atoms with Crippen LogP contribution in [0.3, 0.4) is 0 Å². The normalized spacial score (nSPS) is 15.0. The van der Waals surface area contributed by atoms with Crippen molar-refractivity contribution in [2.24, 2.45) is 0 Å². The van der Waals surface area contributed by atoms with E-state index < -0.39 is 6.10 Å². The summed E-state index contributed by atoms with van der Waals surface area (Å²) in [6, 6.07) is 0. The fourth-order valence-electron chi connectivity index (χ4n) is 2.63. The summed E-state index contributed by atoms with van der Waals surface area (Å²) in [5.74, 6) is 0. The SMILES string of the molecule is C=CCOCC(O)COC(COCC)COCCOCC(COCC)OCC(COCC=C)OC. The predicted octanol–water partition coefficient (Wildman–Crippen LogP) is 1.64. The topological polar surface area (TPSA) is 103 Å². The number of methoxy groups -OCH3 is 1. The summed E-state index contributed by atoms with van der Waals surface area (Å²) in [4.78, 5) is 0. The molecule has 10 heteroatoms. The van der Waals surface area contributed by atoms with Crippen molar-refractivity contribution < 1.29 is 47.7 Å². The molecule has 0 spiro atoms. The van der Waals surface area contributed by atoms with E-state index in [0.29, 0.717) is 79.3 Å².